The van der Waals surface area contributed by atoms with E-state index >= 15 is 0 Å². The Hall–Kier alpha value is -4.47. The number of piperidine rings is 1. The molecule has 218 valence electrons. The first-order valence-corrected chi connectivity index (χ1v) is 14.4. The minimum atomic E-state index is -0.464. The lowest BCUT2D eigenvalue weighted by Gasteiger charge is -2.36. The standard InChI is InChI=1S/C32H36N6O4/c1-20-14-23(8-9-26(20)41-24-6-5-12-33-16-24)36-30-29-25(34-19-35-30)15-27-31(37-29)38-13-11-21(22(17-38)18-40-27)7-10-28(39)42-32(2,3)4/h5-6,8-9,12,14-16,19,21-22H,7,10-11,13,17-18H2,1-4H3,(H,34,35,36)/t21?,22-/m0/s1. The van der Waals surface area contributed by atoms with Crippen molar-refractivity contribution in [2.75, 3.05) is 29.9 Å². The van der Waals surface area contributed by atoms with E-state index in [-0.39, 0.29) is 5.97 Å². The monoisotopic (exact) mass is 568 g/mol. The number of fused-ring (bicyclic) bond motifs is 5. The third-order valence-electron chi connectivity index (χ3n) is 7.64. The molecular weight excluding hydrogens is 532 g/mol. The highest BCUT2D eigenvalue weighted by Gasteiger charge is 2.35. The fourth-order valence-electron chi connectivity index (χ4n) is 5.63. The van der Waals surface area contributed by atoms with Crippen molar-refractivity contribution in [1.82, 2.24) is 19.9 Å². The third-order valence-corrected chi connectivity index (χ3v) is 7.64. The van der Waals surface area contributed by atoms with E-state index in [9.17, 15) is 4.79 Å². The Bertz CT molecular complexity index is 1590. The van der Waals surface area contributed by atoms with Crippen LogP contribution in [0.15, 0.2) is 55.1 Å². The Balaban J connectivity index is 1.18. The molecule has 2 aliphatic heterocycles. The van der Waals surface area contributed by atoms with Crippen molar-refractivity contribution >= 4 is 34.3 Å². The normalized spacial score (nSPS) is 18.0. The maximum absolute atomic E-state index is 12.3. The van der Waals surface area contributed by atoms with Crippen molar-refractivity contribution in [2.45, 2.75) is 52.6 Å². The van der Waals surface area contributed by atoms with Gasteiger partial charge in [-0.15, -0.1) is 0 Å². The maximum atomic E-state index is 12.3. The van der Waals surface area contributed by atoms with Crippen LogP contribution < -0.4 is 19.7 Å². The summed E-state index contributed by atoms with van der Waals surface area (Å²) in [7, 11) is 0. The number of rotatable bonds is 7. The van der Waals surface area contributed by atoms with Gasteiger partial charge in [0, 0.05) is 43.4 Å². The number of nitrogens with one attached hydrogen (secondary N) is 1. The number of nitrogens with zero attached hydrogens (tertiary/aromatic N) is 5. The summed E-state index contributed by atoms with van der Waals surface area (Å²) in [5, 5.41) is 3.42. The van der Waals surface area contributed by atoms with Crippen LogP contribution in [0.25, 0.3) is 11.0 Å². The van der Waals surface area contributed by atoms with Crippen molar-refractivity contribution < 1.29 is 19.0 Å². The molecule has 1 saturated heterocycles. The van der Waals surface area contributed by atoms with Gasteiger partial charge in [0.05, 0.1) is 18.3 Å². The number of aryl methyl sites for hydroxylation is 1. The minimum Gasteiger partial charge on any atom is -0.489 e. The van der Waals surface area contributed by atoms with E-state index in [4.69, 9.17) is 19.2 Å². The third kappa shape index (κ3) is 6.22. The van der Waals surface area contributed by atoms with Crippen LogP contribution in [0.1, 0.15) is 45.6 Å². The highest BCUT2D eigenvalue weighted by Crippen LogP contribution is 2.40. The van der Waals surface area contributed by atoms with E-state index in [1.165, 1.54) is 6.33 Å². The topological polar surface area (TPSA) is 112 Å². The summed E-state index contributed by atoms with van der Waals surface area (Å²) in [6.07, 6.45) is 7.13. The molecule has 2 atom stereocenters. The Morgan fingerprint density at radius 2 is 2.07 bits per heavy atom. The Kier molecular flexibility index (Phi) is 7.53. The average molecular weight is 569 g/mol. The number of hydrogen-bond donors (Lipinski definition) is 1. The molecule has 0 spiro atoms. The molecule has 0 amide bonds. The molecule has 10 nitrogen and oxygen atoms in total. The van der Waals surface area contributed by atoms with Crippen molar-refractivity contribution in [3.8, 4) is 17.2 Å². The number of carbonyl (C=O) groups is 1. The Labute approximate surface area is 245 Å². The van der Waals surface area contributed by atoms with Crippen LogP contribution in [0.2, 0.25) is 0 Å². The predicted molar refractivity (Wildman–Crippen MR) is 160 cm³/mol. The molecule has 1 aromatic carbocycles. The van der Waals surface area contributed by atoms with E-state index in [0.29, 0.717) is 47.5 Å². The van der Waals surface area contributed by atoms with E-state index in [1.54, 1.807) is 12.4 Å². The van der Waals surface area contributed by atoms with E-state index in [1.807, 2.05) is 64.1 Å². The number of aromatic nitrogens is 4. The van der Waals surface area contributed by atoms with Crippen LogP contribution in [0.5, 0.6) is 17.2 Å². The van der Waals surface area contributed by atoms with Gasteiger partial charge in [-0.3, -0.25) is 9.78 Å². The van der Waals surface area contributed by atoms with Crippen LogP contribution in [-0.4, -0.2) is 51.2 Å². The smallest absolute Gasteiger partial charge is 0.306 e. The maximum Gasteiger partial charge on any atom is 0.306 e. The molecule has 0 radical (unpaired) electrons. The predicted octanol–water partition coefficient (Wildman–Crippen LogP) is 6.22. The molecule has 10 heteroatoms. The SMILES string of the molecule is Cc1cc(Nc2ncnc3cc4c(nc23)N2CCC(CCC(=O)OC(C)(C)C)[C@H](CO4)C2)ccc1Oc1cccnc1. The molecular formula is C32H36N6O4. The summed E-state index contributed by atoms with van der Waals surface area (Å²) in [5.41, 5.74) is 2.76. The van der Waals surface area contributed by atoms with E-state index in [2.05, 4.69) is 25.2 Å². The van der Waals surface area contributed by atoms with Crippen molar-refractivity contribution in [2.24, 2.45) is 11.8 Å². The zero-order chi connectivity index (χ0) is 29.3. The Morgan fingerprint density at radius 3 is 2.86 bits per heavy atom. The highest BCUT2D eigenvalue weighted by molar-refractivity contribution is 5.90. The first-order chi connectivity index (χ1) is 20.2. The van der Waals surface area contributed by atoms with E-state index < -0.39 is 5.60 Å². The molecule has 5 heterocycles. The second kappa shape index (κ2) is 11.4. The van der Waals surface area contributed by atoms with Gasteiger partial charge in [0.15, 0.2) is 17.4 Å². The molecule has 42 heavy (non-hydrogen) atoms. The van der Waals surface area contributed by atoms with Crippen molar-refractivity contribution in [3.63, 3.8) is 0 Å². The number of benzene rings is 1. The van der Waals surface area contributed by atoms with Crippen molar-refractivity contribution in [3.05, 3.63) is 60.7 Å². The zero-order valence-electron chi connectivity index (χ0n) is 24.5. The number of anilines is 3. The molecule has 1 fully saturated rings. The molecule has 1 N–H and O–H groups in total. The molecule has 6 rings (SSSR count). The zero-order valence-corrected chi connectivity index (χ0v) is 24.5. The van der Waals surface area contributed by atoms with E-state index in [0.717, 1.165) is 54.5 Å². The van der Waals surface area contributed by atoms with Crippen LogP contribution in [-0.2, 0) is 9.53 Å². The molecule has 0 aliphatic carbocycles. The van der Waals surface area contributed by atoms with Gasteiger partial charge in [0.2, 0.25) is 0 Å². The second-order valence-electron chi connectivity index (χ2n) is 12.0. The fraction of sp³-hybridized carbons (Fsp3) is 0.406. The van der Waals surface area contributed by atoms with Crippen LogP contribution >= 0.6 is 0 Å². The number of hydrogen-bond acceptors (Lipinski definition) is 10. The number of esters is 1. The molecule has 4 aromatic rings. The molecule has 0 saturated carbocycles. The summed E-state index contributed by atoms with van der Waals surface area (Å²) in [6, 6.07) is 11.6. The number of ether oxygens (including phenoxy) is 3. The minimum absolute atomic E-state index is 0.139. The van der Waals surface area contributed by atoms with Gasteiger partial charge in [-0.2, -0.15) is 0 Å². The average Bonchev–Trinajstić information content (AvgIpc) is 3.09. The van der Waals surface area contributed by atoms with Gasteiger partial charge in [-0.1, -0.05) is 0 Å². The summed E-state index contributed by atoms with van der Waals surface area (Å²) < 4.78 is 17.8. The second-order valence-corrected chi connectivity index (χ2v) is 12.0. The van der Waals surface area contributed by atoms with Gasteiger partial charge < -0.3 is 24.4 Å². The quantitative estimate of drug-likeness (QED) is 0.258. The van der Waals surface area contributed by atoms with Crippen LogP contribution in [0.4, 0.5) is 17.3 Å². The van der Waals surface area contributed by atoms with Gasteiger partial charge in [-0.05, 0) is 82.3 Å². The first-order valence-electron chi connectivity index (χ1n) is 14.4. The van der Waals surface area contributed by atoms with Crippen LogP contribution in [0, 0.1) is 18.8 Å². The Morgan fingerprint density at radius 1 is 1.19 bits per heavy atom. The van der Waals surface area contributed by atoms with Crippen molar-refractivity contribution in [1.29, 1.82) is 0 Å². The first kappa shape index (κ1) is 27.7. The van der Waals surface area contributed by atoms with Gasteiger partial charge in [0.25, 0.3) is 0 Å². The number of pyridine rings is 2. The molecule has 1 unspecified atom stereocenters. The highest BCUT2D eigenvalue weighted by atomic mass is 16.6. The lowest BCUT2D eigenvalue weighted by Crippen LogP contribution is -2.41. The lowest BCUT2D eigenvalue weighted by molar-refractivity contribution is -0.155. The summed E-state index contributed by atoms with van der Waals surface area (Å²) in [4.78, 5) is 32.8. The molecule has 3 aromatic heterocycles. The largest absolute Gasteiger partial charge is 0.489 e. The molecule has 2 aliphatic rings. The summed E-state index contributed by atoms with van der Waals surface area (Å²) in [5.74, 6) is 4.16. The van der Waals surface area contributed by atoms with Gasteiger partial charge >= 0.3 is 5.97 Å². The number of carbonyl (C=O) groups excluding carboxylic acids is 1. The van der Waals surface area contributed by atoms with Gasteiger partial charge in [-0.25, -0.2) is 15.0 Å². The summed E-state index contributed by atoms with van der Waals surface area (Å²) >= 11 is 0. The lowest BCUT2D eigenvalue weighted by atomic mass is 9.83. The summed E-state index contributed by atoms with van der Waals surface area (Å²) in [6.45, 7) is 9.96. The van der Waals surface area contributed by atoms with Crippen LogP contribution in [0.3, 0.4) is 0 Å². The fourth-order valence-corrected chi connectivity index (χ4v) is 5.63. The van der Waals surface area contributed by atoms with Gasteiger partial charge in [0.1, 0.15) is 28.9 Å². The molecule has 2 bridgehead atoms.